The summed E-state index contributed by atoms with van der Waals surface area (Å²) in [6.45, 7) is 0. The zero-order chi connectivity index (χ0) is 15.8. The van der Waals surface area contributed by atoms with Gasteiger partial charge < -0.3 is 4.98 Å². The Kier molecular flexibility index (Phi) is 3.28. The molecule has 0 aliphatic rings. The molecular formula is C18H11FN2OS. The average Bonchev–Trinajstić information content (AvgIpc) is 3.23. The summed E-state index contributed by atoms with van der Waals surface area (Å²) in [4.78, 5) is 21.3. The summed E-state index contributed by atoms with van der Waals surface area (Å²) in [5.41, 5.74) is 1.86. The lowest BCUT2D eigenvalue weighted by molar-refractivity contribution is 0.103. The van der Waals surface area contributed by atoms with Gasteiger partial charge in [0, 0.05) is 28.2 Å². The Morgan fingerprint density at radius 3 is 2.87 bits per heavy atom. The Bertz CT molecular complexity index is 1020. The lowest BCUT2D eigenvalue weighted by atomic mass is 10.1. The molecule has 0 spiro atoms. The second kappa shape index (κ2) is 5.44. The van der Waals surface area contributed by atoms with E-state index in [2.05, 4.69) is 9.97 Å². The van der Waals surface area contributed by atoms with Crippen molar-refractivity contribution in [3.8, 4) is 10.4 Å². The monoisotopic (exact) mass is 322 g/mol. The second-order valence-corrected chi connectivity index (χ2v) is 6.20. The number of carbonyl (C=O) groups is 1. The number of aromatic nitrogens is 2. The normalized spacial score (nSPS) is 11.0. The van der Waals surface area contributed by atoms with Gasteiger partial charge >= 0.3 is 0 Å². The molecule has 23 heavy (non-hydrogen) atoms. The number of pyridine rings is 1. The summed E-state index contributed by atoms with van der Waals surface area (Å²) in [5, 5.41) is 1.01. The highest BCUT2D eigenvalue weighted by Gasteiger charge is 2.16. The Morgan fingerprint density at radius 2 is 2.00 bits per heavy atom. The Labute approximate surface area is 135 Å². The maximum atomic E-state index is 13.8. The summed E-state index contributed by atoms with van der Waals surface area (Å²) in [7, 11) is 0. The van der Waals surface area contributed by atoms with Crippen LogP contribution in [-0.2, 0) is 0 Å². The van der Waals surface area contributed by atoms with Gasteiger partial charge in [0.15, 0.2) is 0 Å². The number of carbonyl (C=O) groups excluding carboxylic acids is 1. The number of hydrogen-bond acceptors (Lipinski definition) is 3. The lowest BCUT2D eigenvalue weighted by Gasteiger charge is -2.00. The van der Waals surface area contributed by atoms with E-state index in [4.69, 9.17) is 0 Å². The fourth-order valence-corrected chi connectivity index (χ4v) is 3.41. The number of thiophene rings is 1. The number of H-pyrrole nitrogens is 1. The molecule has 0 unspecified atom stereocenters. The van der Waals surface area contributed by atoms with Gasteiger partial charge in [-0.25, -0.2) is 9.37 Å². The molecule has 0 bridgehead atoms. The van der Waals surface area contributed by atoms with Crippen LogP contribution in [0.15, 0.2) is 60.9 Å². The van der Waals surface area contributed by atoms with E-state index in [1.165, 1.54) is 23.5 Å². The van der Waals surface area contributed by atoms with Gasteiger partial charge in [-0.15, -0.1) is 11.3 Å². The van der Waals surface area contributed by atoms with Crippen LogP contribution in [0.25, 0.3) is 21.5 Å². The van der Waals surface area contributed by atoms with Gasteiger partial charge in [0.25, 0.3) is 0 Å². The van der Waals surface area contributed by atoms with Crippen molar-refractivity contribution in [2.45, 2.75) is 0 Å². The number of benzene rings is 1. The molecule has 5 heteroatoms. The molecule has 1 N–H and O–H groups in total. The molecule has 0 radical (unpaired) electrons. The number of fused-ring (bicyclic) bond motifs is 1. The smallest absolute Gasteiger partial charge is 0.205 e. The molecule has 3 heterocycles. The molecule has 4 aromatic rings. The van der Waals surface area contributed by atoms with E-state index < -0.39 is 5.82 Å². The third-order valence-corrected chi connectivity index (χ3v) is 4.77. The van der Waals surface area contributed by atoms with Crippen molar-refractivity contribution in [2.24, 2.45) is 0 Å². The number of nitrogens with one attached hydrogen (secondary N) is 1. The van der Waals surface area contributed by atoms with Gasteiger partial charge in [0.05, 0.1) is 10.4 Å². The minimum atomic E-state index is -0.497. The van der Waals surface area contributed by atoms with Gasteiger partial charge in [-0.1, -0.05) is 12.1 Å². The summed E-state index contributed by atoms with van der Waals surface area (Å²) in [6, 6.07) is 13.6. The SMILES string of the molecule is O=C(c1ccc(-c2cnc3[nH]ccc3c2)s1)c1ccccc1F. The highest BCUT2D eigenvalue weighted by molar-refractivity contribution is 7.17. The lowest BCUT2D eigenvalue weighted by Crippen LogP contribution is -2.01. The quantitative estimate of drug-likeness (QED) is 0.558. The number of nitrogens with zero attached hydrogens (tertiary/aromatic N) is 1. The van der Waals surface area contributed by atoms with E-state index >= 15 is 0 Å². The summed E-state index contributed by atoms with van der Waals surface area (Å²) in [5.74, 6) is -0.794. The average molecular weight is 322 g/mol. The van der Waals surface area contributed by atoms with Crippen LogP contribution in [-0.4, -0.2) is 15.8 Å². The molecule has 0 aliphatic carbocycles. The van der Waals surface area contributed by atoms with Gasteiger partial charge in [-0.2, -0.15) is 0 Å². The first-order valence-electron chi connectivity index (χ1n) is 7.05. The third kappa shape index (κ3) is 2.45. The zero-order valence-electron chi connectivity index (χ0n) is 11.9. The van der Waals surface area contributed by atoms with Crippen LogP contribution in [0.4, 0.5) is 4.39 Å². The number of ketones is 1. The van der Waals surface area contributed by atoms with Gasteiger partial charge in [0.2, 0.25) is 5.78 Å². The molecule has 3 nitrogen and oxygen atoms in total. The van der Waals surface area contributed by atoms with E-state index in [1.54, 1.807) is 24.4 Å². The van der Waals surface area contributed by atoms with Crippen LogP contribution in [0.5, 0.6) is 0 Å². The molecule has 3 aromatic heterocycles. The third-order valence-electron chi connectivity index (χ3n) is 3.63. The van der Waals surface area contributed by atoms with Crippen molar-refractivity contribution in [3.63, 3.8) is 0 Å². The fraction of sp³-hybridized carbons (Fsp3) is 0. The van der Waals surface area contributed by atoms with Crippen LogP contribution in [0.1, 0.15) is 15.2 Å². The second-order valence-electron chi connectivity index (χ2n) is 5.11. The molecule has 0 fully saturated rings. The zero-order valence-corrected chi connectivity index (χ0v) is 12.7. The first kappa shape index (κ1) is 13.8. The molecule has 112 valence electrons. The molecule has 4 rings (SSSR count). The van der Waals surface area contributed by atoms with Crippen LogP contribution in [0.3, 0.4) is 0 Å². The van der Waals surface area contributed by atoms with Crippen molar-refractivity contribution in [1.82, 2.24) is 9.97 Å². The number of halogens is 1. The molecule has 0 atom stereocenters. The first-order chi connectivity index (χ1) is 11.2. The van der Waals surface area contributed by atoms with E-state index in [0.29, 0.717) is 4.88 Å². The predicted molar refractivity (Wildman–Crippen MR) is 89.2 cm³/mol. The maximum absolute atomic E-state index is 13.8. The minimum absolute atomic E-state index is 0.0973. The molecule has 0 saturated carbocycles. The predicted octanol–water partition coefficient (Wildman–Crippen LogP) is 4.66. The first-order valence-corrected chi connectivity index (χ1v) is 7.86. The highest BCUT2D eigenvalue weighted by atomic mass is 32.1. The van der Waals surface area contributed by atoms with Crippen molar-refractivity contribution >= 4 is 28.2 Å². The van der Waals surface area contributed by atoms with Gasteiger partial charge in [0.1, 0.15) is 11.5 Å². The minimum Gasteiger partial charge on any atom is -0.346 e. The van der Waals surface area contributed by atoms with Crippen molar-refractivity contribution in [3.05, 3.63) is 77.2 Å². The van der Waals surface area contributed by atoms with Crippen LogP contribution < -0.4 is 0 Å². The van der Waals surface area contributed by atoms with E-state index in [1.807, 2.05) is 24.4 Å². The van der Waals surface area contributed by atoms with Crippen molar-refractivity contribution < 1.29 is 9.18 Å². The Morgan fingerprint density at radius 1 is 1.13 bits per heavy atom. The molecule has 0 aliphatic heterocycles. The summed E-state index contributed by atoms with van der Waals surface area (Å²) >= 11 is 1.34. The van der Waals surface area contributed by atoms with Crippen molar-refractivity contribution in [2.75, 3.05) is 0 Å². The van der Waals surface area contributed by atoms with E-state index in [-0.39, 0.29) is 11.3 Å². The van der Waals surface area contributed by atoms with Crippen LogP contribution >= 0.6 is 11.3 Å². The molecule has 0 saturated heterocycles. The molecular weight excluding hydrogens is 311 g/mol. The van der Waals surface area contributed by atoms with Gasteiger partial charge in [-0.3, -0.25) is 4.79 Å². The fourth-order valence-electron chi connectivity index (χ4n) is 2.47. The summed E-state index contributed by atoms with van der Waals surface area (Å²) < 4.78 is 13.8. The van der Waals surface area contributed by atoms with Gasteiger partial charge in [-0.05, 0) is 36.4 Å². The summed E-state index contributed by atoms with van der Waals surface area (Å²) in [6.07, 6.45) is 3.60. The molecule has 0 amide bonds. The highest BCUT2D eigenvalue weighted by Crippen LogP contribution is 2.30. The largest absolute Gasteiger partial charge is 0.346 e. The Balaban J connectivity index is 1.71. The van der Waals surface area contributed by atoms with Crippen LogP contribution in [0.2, 0.25) is 0 Å². The van der Waals surface area contributed by atoms with E-state index in [0.717, 1.165) is 21.5 Å². The van der Waals surface area contributed by atoms with E-state index in [9.17, 15) is 9.18 Å². The van der Waals surface area contributed by atoms with Crippen molar-refractivity contribution in [1.29, 1.82) is 0 Å². The standard InChI is InChI=1S/C18H11FN2OS/c19-14-4-2-1-3-13(14)17(22)16-6-5-15(23-16)12-9-11-7-8-20-18(11)21-10-12/h1-10H,(H,20,21). The maximum Gasteiger partial charge on any atom is 0.205 e. The molecule has 1 aromatic carbocycles. The number of hydrogen-bond donors (Lipinski definition) is 1. The number of aromatic amines is 1. The van der Waals surface area contributed by atoms with Crippen LogP contribution in [0, 0.1) is 5.82 Å². The number of rotatable bonds is 3. The Hall–Kier alpha value is -2.79. The topological polar surface area (TPSA) is 45.8 Å².